The second-order valence-electron chi connectivity index (χ2n) is 1.72. The molecule has 1 heterocycles. The summed E-state index contributed by atoms with van der Waals surface area (Å²) < 4.78 is 0. The Labute approximate surface area is 57.3 Å². The second kappa shape index (κ2) is 2.57. The van der Waals surface area contributed by atoms with Crippen molar-refractivity contribution in [3.8, 4) is 0 Å². The monoisotopic (exact) mass is 140 g/mol. The summed E-state index contributed by atoms with van der Waals surface area (Å²) in [5.41, 5.74) is 5.22. The predicted octanol–water partition coefficient (Wildman–Crippen LogP) is -0.885. The van der Waals surface area contributed by atoms with Crippen LogP contribution in [-0.4, -0.2) is 29.8 Å². The van der Waals surface area contributed by atoms with Gasteiger partial charge in [-0.1, -0.05) is 0 Å². The van der Waals surface area contributed by atoms with Crippen molar-refractivity contribution < 1.29 is 9.90 Å². The molecule has 0 aromatic heterocycles. The van der Waals surface area contributed by atoms with Crippen molar-refractivity contribution >= 4 is 18.1 Å². The van der Waals surface area contributed by atoms with Crippen LogP contribution in [0.2, 0.25) is 0 Å². The fourth-order valence-electron chi connectivity index (χ4n) is 0.525. The minimum atomic E-state index is -0.630. The number of hydrogen-bond acceptors (Lipinski definition) is 3. The van der Waals surface area contributed by atoms with Gasteiger partial charge in [-0.3, -0.25) is 0 Å². The fraction of sp³-hybridized carbons (Fsp3) is 0.200. The number of rotatable bonds is 1. The van der Waals surface area contributed by atoms with Crippen molar-refractivity contribution in [1.29, 1.82) is 0 Å². The number of aliphatic hydroxyl groups excluding tert-OH is 1. The van der Waals surface area contributed by atoms with Crippen LogP contribution in [0.5, 0.6) is 0 Å². The minimum Gasteiger partial charge on any atom is -0.395 e. The Hall–Kier alpha value is -1.23. The fourth-order valence-corrected chi connectivity index (χ4v) is 0.525. The lowest BCUT2D eigenvalue weighted by Gasteiger charge is -2.08. The lowest BCUT2D eigenvalue weighted by atomic mass is 10.1. The van der Waals surface area contributed by atoms with E-state index in [0.29, 0.717) is 5.92 Å². The van der Waals surface area contributed by atoms with Crippen LogP contribution in [0.15, 0.2) is 9.98 Å². The molecule has 0 unspecified atom stereocenters. The van der Waals surface area contributed by atoms with Crippen LogP contribution >= 0.6 is 0 Å². The SMILES string of the molecule is NC1=NC(=O)N=C[C]1CO. The van der Waals surface area contributed by atoms with Gasteiger partial charge in [0.25, 0.3) is 0 Å². The van der Waals surface area contributed by atoms with Crippen molar-refractivity contribution in [1.82, 2.24) is 0 Å². The topological polar surface area (TPSA) is 88.0 Å². The van der Waals surface area contributed by atoms with E-state index in [2.05, 4.69) is 9.98 Å². The molecule has 1 radical (unpaired) electrons. The largest absolute Gasteiger partial charge is 0.395 e. The van der Waals surface area contributed by atoms with Gasteiger partial charge < -0.3 is 10.8 Å². The standard InChI is InChI=1S/C5H6N3O2/c6-4-3(2-9)1-7-5(10)8-4/h1,9H,2H2,(H2,6,8,10). The molecule has 3 N–H and O–H groups in total. The Bertz CT molecular complexity index is 209. The zero-order chi connectivity index (χ0) is 7.56. The predicted molar refractivity (Wildman–Crippen MR) is 35.8 cm³/mol. The van der Waals surface area contributed by atoms with E-state index in [4.69, 9.17) is 10.8 Å². The smallest absolute Gasteiger partial charge is 0.368 e. The molecule has 0 atom stereocenters. The van der Waals surface area contributed by atoms with Gasteiger partial charge in [-0.15, -0.1) is 0 Å². The highest BCUT2D eigenvalue weighted by Crippen LogP contribution is 2.01. The number of urea groups is 1. The van der Waals surface area contributed by atoms with Crippen molar-refractivity contribution in [2.24, 2.45) is 15.7 Å². The highest BCUT2D eigenvalue weighted by molar-refractivity contribution is 6.18. The molecule has 2 amide bonds. The average molecular weight is 140 g/mol. The molecule has 1 aliphatic rings. The molecule has 1 rings (SSSR count). The summed E-state index contributed by atoms with van der Waals surface area (Å²) in [6.07, 6.45) is 1.21. The number of aliphatic hydroxyl groups is 1. The molecule has 0 aliphatic carbocycles. The normalized spacial score (nSPS) is 19.3. The summed E-state index contributed by atoms with van der Waals surface area (Å²) in [5, 5.41) is 8.55. The first kappa shape index (κ1) is 6.88. The molecular weight excluding hydrogens is 134 g/mol. The molecule has 0 saturated carbocycles. The zero-order valence-corrected chi connectivity index (χ0v) is 5.11. The molecule has 10 heavy (non-hydrogen) atoms. The van der Waals surface area contributed by atoms with Crippen LogP contribution < -0.4 is 5.73 Å². The first-order chi connectivity index (χ1) is 4.74. The van der Waals surface area contributed by atoms with E-state index in [1.807, 2.05) is 0 Å². The third-order valence-electron chi connectivity index (χ3n) is 1.05. The van der Waals surface area contributed by atoms with Gasteiger partial charge in [0.05, 0.1) is 6.61 Å². The van der Waals surface area contributed by atoms with Crippen molar-refractivity contribution in [3.05, 3.63) is 5.92 Å². The maximum Gasteiger partial charge on any atom is 0.368 e. The third-order valence-corrected chi connectivity index (χ3v) is 1.05. The molecule has 0 aromatic carbocycles. The Morgan fingerprint density at radius 3 is 2.90 bits per heavy atom. The number of amidine groups is 1. The number of nitrogens with zero attached hydrogens (tertiary/aromatic N) is 2. The summed E-state index contributed by atoms with van der Waals surface area (Å²) in [6, 6.07) is -0.630. The summed E-state index contributed by atoms with van der Waals surface area (Å²) >= 11 is 0. The van der Waals surface area contributed by atoms with Crippen LogP contribution in [0.25, 0.3) is 0 Å². The van der Waals surface area contributed by atoms with Crippen LogP contribution in [0.4, 0.5) is 4.79 Å². The first-order valence-corrected chi connectivity index (χ1v) is 2.63. The van der Waals surface area contributed by atoms with E-state index >= 15 is 0 Å². The number of carbonyl (C=O) groups is 1. The van der Waals surface area contributed by atoms with Gasteiger partial charge in [0, 0.05) is 6.21 Å². The molecule has 0 saturated heterocycles. The Morgan fingerprint density at radius 1 is 1.70 bits per heavy atom. The van der Waals surface area contributed by atoms with Gasteiger partial charge in [-0.05, 0) is 0 Å². The molecule has 0 fully saturated rings. The molecule has 0 spiro atoms. The highest BCUT2D eigenvalue weighted by Gasteiger charge is 2.16. The first-order valence-electron chi connectivity index (χ1n) is 2.63. The molecule has 1 aliphatic heterocycles. The minimum absolute atomic E-state index is 0.0440. The van der Waals surface area contributed by atoms with Crippen LogP contribution in [0.1, 0.15) is 0 Å². The lowest BCUT2D eigenvalue weighted by Crippen LogP contribution is -2.29. The van der Waals surface area contributed by atoms with Gasteiger partial charge in [-0.2, -0.15) is 4.99 Å². The number of aliphatic imine (C=N–C) groups is 2. The van der Waals surface area contributed by atoms with Crippen molar-refractivity contribution in [2.45, 2.75) is 0 Å². The molecule has 0 aromatic rings. The van der Waals surface area contributed by atoms with Gasteiger partial charge >= 0.3 is 6.03 Å². The molecule has 53 valence electrons. The van der Waals surface area contributed by atoms with Crippen LogP contribution in [0.3, 0.4) is 0 Å². The Kier molecular flexibility index (Phi) is 1.77. The Morgan fingerprint density at radius 2 is 2.40 bits per heavy atom. The van der Waals surface area contributed by atoms with Gasteiger partial charge in [0.1, 0.15) is 11.8 Å². The van der Waals surface area contributed by atoms with E-state index in [1.54, 1.807) is 0 Å². The maximum atomic E-state index is 10.4. The molecule has 5 nitrogen and oxygen atoms in total. The lowest BCUT2D eigenvalue weighted by molar-refractivity contribution is 0.256. The van der Waals surface area contributed by atoms with Crippen LogP contribution in [-0.2, 0) is 0 Å². The number of nitrogens with two attached hydrogens (primary N) is 1. The quantitative estimate of drug-likeness (QED) is 0.495. The van der Waals surface area contributed by atoms with Crippen molar-refractivity contribution in [3.63, 3.8) is 0 Å². The summed E-state index contributed by atoms with van der Waals surface area (Å²) in [5.74, 6) is 0.419. The number of amides is 2. The molecular formula is C5H6N3O2. The van der Waals surface area contributed by atoms with E-state index in [1.165, 1.54) is 6.21 Å². The average Bonchev–Trinajstić information content (AvgIpc) is 1.88. The molecule has 5 heteroatoms. The van der Waals surface area contributed by atoms with Crippen LogP contribution in [0, 0.1) is 5.92 Å². The second-order valence-corrected chi connectivity index (χ2v) is 1.72. The van der Waals surface area contributed by atoms with Crippen molar-refractivity contribution in [2.75, 3.05) is 6.61 Å². The van der Waals surface area contributed by atoms with Gasteiger partial charge in [0.15, 0.2) is 0 Å². The zero-order valence-electron chi connectivity index (χ0n) is 5.11. The highest BCUT2D eigenvalue weighted by atomic mass is 16.3. The van der Waals surface area contributed by atoms with E-state index in [-0.39, 0.29) is 12.4 Å². The maximum absolute atomic E-state index is 10.4. The number of carbonyl (C=O) groups excluding carboxylic acids is 1. The van der Waals surface area contributed by atoms with E-state index < -0.39 is 6.03 Å². The third kappa shape index (κ3) is 1.19. The summed E-state index contributed by atoms with van der Waals surface area (Å²) in [4.78, 5) is 17.0. The van der Waals surface area contributed by atoms with E-state index in [9.17, 15) is 4.79 Å². The Balaban J connectivity index is 2.75. The van der Waals surface area contributed by atoms with Gasteiger partial charge in [-0.25, -0.2) is 9.79 Å². The summed E-state index contributed by atoms with van der Waals surface area (Å²) in [7, 11) is 0. The number of hydrogen-bond donors (Lipinski definition) is 2. The molecule has 0 bridgehead atoms. The van der Waals surface area contributed by atoms with E-state index in [0.717, 1.165) is 0 Å². The van der Waals surface area contributed by atoms with Gasteiger partial charge in [0.2, 0.25) is 0 Å². The summed E-state index contributed by atoms with van der Waals surface area (Å²) in [6.45, 7) is -0.244.